The summed E-state index contributed by atoms with van der Waals surface area (Å²) < 4.78 is 12.9. The highest BCUT2D eigenvalue weighted by molar-refractivity contribution is 7.84. The molecule has 2 aromatic rings. The van der Waals surface area contributed by atoms with E-state index in [4.69, 9.17) is 0 Å². The van der Waals surface area contributed by atoms with Crippen LogP contribution in [0.5, 0.6) is 0 Å². The van der Waals surface area contributed by atoms with Gasteiger partial charge in [-0.2, -0.15) is 4.68 Å². The zero-order chi connectivity index (χ0) is 11.7. The summed E-state index contributed by atoms with van der Waals surface area (Å²) in [6.07, 6.45) is 1.56. The molecule has 16 heavy (non-hydrogen) atoms. The number of benzene rings is 1. The van der Waals surface area contributed by atoms with Crippen molar-refractivity contribution < 1.29 is 4.21 Å². The quantitative estimate of drug-likeness (QED) is 0.781. The predicted octanol–water partition coefficient (Wildman–Crippen LogP) is 1.02. The smallest absolute Gasteiger partial charge is 0.244 e. The Bertz CT molecular complexity index is 529. The lowest BCUT2D eigenvalue weighted by Crippen LogP contribution is -2.04. The summed E-state index contributed by atoms with van der Waals surface area (Å²) in [5, 5.41) is 11.5. The minimum atomic E-state index is -1.20. The third-order valence-electron chi connectivity index (χ3n) is 2.15. The van der Waals surface area contributed by atoms with Crippen LogP contribution in [0, 0.1) is 13.8 Å². The van der Waals surface area contributed by atoms with Crippen LogP contribution in [0.2, 0.25) is 0 Å². The zero-order valence-electron chi connectivity index (χ0n) is 9.34. The van der Waals surface area contributed by atoms with Crippen LogP contribution in [0.15, 0.2) is 23.4 Å². The second-order valence-corrected chi connectivity index (χ2v) is 4.95. The fourth-order valence-corrected chi connectivity index (χ4v) is 2.13. The summed E-state index contributed by atoms with van der Waals surface area (Å²) in [4.78, 5) is 0. The monoisotopic (exact) mass is 236 g/mol. The maximum atomic E-state index is 11.4. The summed E-state index contributed by atoms with van der Waals surface area (Å²) in [6, 6.07) is 5.98. The molecule has 0 N–H and O–H groups in total. The highest BCUT2D eigenvalue weighted by Gasteiger charge is 2.11. The Morgan fingerprint density at radius 3 is 2.38 bits per heavy atom. The third-order valence-corrected chi connectivity index (χ3v) is 2.92. The van der Waals surface area contributed by atoms with E-state index >= 15 is 0 Å². The SMILES string of the molecule is Cc1cc(C)cc(-n2nnnc2S(C)=O)c1. The van der Waals surface area contributed by atoms with Crippen molar-refractivity contribution in [3.63, 3.8) is 0 Å². The first-order valence-electron chi connectivity index (χ1n) is 4.78. The Labute approximate surface area is 95.9 Å². The van der Waals surface area contributed by atoms with Gasteiger partial charge in [-0.15, -0.1) is 0 Å². The number of nitrogens with zero attached hydrogens (tertiary/aromatic N) is 4. The van der Waals surface area contributed by atoms with Gasteiger partial charge in [-0.3, -0.25) is 4.21 Å². The highest BCUT2D eigenvalue weighted by Crippen LogP contribution is 2.14. The van der Waals surface area contributed by atoms with Crippen molar-refractivity contribution in [2.24, 2.45) is 0 Å². The molecule has 0 saturated carbocycles. The summed E-state index contributed by atoms with van der Waals surface area (Å²) in [5.74, 6) is 0. The van der Waals surface area contributed by atoms with Crippen molar-refractivity contribution in [3.05, 3.63) is 29.3 Å². The summed E-state index contributed by atoms with van der Waals surface area (Å²) >= 11 is 0. The average Bonchev–Trinajstić information content (AvgIpc) is 2.63. The second kappa shape index (κ2) is 4.13. The van der Waals surface area contributed by atoms with Crippen LogP contribution in [0.1, 0.15) is 11.1 Å². The van der Waals surface area contributed by atoms with E-state index in [-0.39, 0.29) is 0 Å². The van der Waals surface area contributed by atoms with E-state index in [1.165, 1.54) is 4.68 Å². The lowest BCUT2D eigenvalue weighted by Gasteiger charge is -2.05. The van der Waals surface area contributed by atoms with Crippen LogP contribution >= 0.6 is 0 Å². The summed E-state index contributed by atoms with van der Waals surface area (Å²) in [7, 11) is -1.20. The van der Waals surface area contributed by atoms with E-state index in [1.54, 1.807) is 6.26 Å². The molecule has 0 aliphatic carbocycles. The molecule has 0 radical (unpaired) electrons. The van der Waals surface area contributed by atoms with Gasteiger partial charge in [0.2, 0.25) is 5.16 Å². The molecule has 0 spiro atoms. The van der Waals surface area contributed by atoms with Gasteiger partial charge in [0.05, 0.1) is 16.5 Å². The van der Waals surface area contributed by atoms with Gasteiger partial charge < -0.3 is 0 Å². The zero-order valence-corrected chi connectivity index (χ0v) is 10.2. The molecule has 2 rings (SSSR count). The van der Waals surface area contributed by atoms with Crippen molar-refractivity contribution in [2.45, 2.75) is 19.0 Å². The van der Waals surface area contributed by atoms with Crippen LogP contribution < -0.4 is 0 Å². The van der Waals surface area contributed by atoms with Gasteiger partial charge in [0, 0.05) is 6.26 Å². The number of aryl methyl sites for hydroxylation is 2. The Morgan fingerprint density at radius 1 is 1.19 bits per heavy atom. The molecule has 0 aliphatic rings. The Balaban J connectivity index is 2.58. The number of tetrazole rings is 1. The average molecular weight is 236 g/mol. The Kier molecular flexibility index (Phi) is 2.82. The van der Waals surface area contributed by atoms with Gasteiger partial charge in [0.1, 0.15) is 0 Å². The van der Waals surface area contributed by atoms with Crippen LogP contribution in [0.25, 0.3) is 5.69 Å². The lowest BCUT2D eigenvalue weighted by atomic mass is 10.1. The van der Waals surface area contributed by atoms with Crippen LogP contribution in [-0.2, 0) is 10.8 Å². The summed E-state index contributed by atoms with van der Waals surface area (Å²) in [5.41, 5.74) is 3.09. The largest absolute Gasteiger partial charge is 0.251 e. The Morgan fingerprint density at radius 2 is 1.81 bits per heavy atom. The predicted molar refractivity (Wildman–Crippen MR) is 61.0 cm³/mol. The maximum Gasteiger partial charge on any atom is 0.244 e. The van der Waals surface area contributed by atoms with E-state index in [1.807, 2.05) is 26.0 Å². The lowest BCUT2D eigenvalue weighted by molar-refractivity contribution is 0.670. The van der Waals surface area contributed by atoms with Crippen molar-refractivity contribution in [1.29, 1.82) is 0 Å². The van der Waals surface area contributed by atoms with Gasteiger partial charge in [-0.1, -0.05) is 11.2 Å². The van der Waals surface area contributed by atoms with Crippen LogP contribution in [0.3, 0.4) is 0 Å². The maximum absolute atomic E-state index is 11.4. The number of rotatable bonds is 2. The minimum absolute atomic E-state index is 0.366. The first-order valence-corrected chi connectivity index (χ1v) is 6.34. The normalized spacial score (nSPS) is 12.7. The van der Waals surface area contributed by atoms with E-state index < -0.39 is 10.8 Å². The standard InChI is InChI=1S/C10H12N4OS/c1-7-4-8(2)6-9(5-7)14-10(16(3)15)11-12-13-14/h4-6H,1-3H3. The van der Waals surface area contributed by atoms with E-state index in [0.717, 1.165) is 16.8 Å². The van der Waals surface area contributed by atoms with E-state index in [9.17, 15) is 4.21 Å². The van der Waals surface area contributed by atoms with Gasteiger partial charge in [-0.05, 0) is 47.5 Å². The van der Waals surface area contributed by atoms with Gasteiger partial charge in [-0.25, -0.2) is 0 Å². The number of hydrogen-bond donors (Lipinski definition) is 0. The molecule has 1 unspecified atom stereocenters. The molecule has 1 aromatic carbocycles. The van der Waals surface area contributed by atoms with Gasteiger partial charge >= 0.3 is 0 Å². The fraction of sp³-hybridized carbons (Fsp3) is 0.300. The molecule has 1 atom stereocenters. The first-order chi connectivity index (χ1) is 7.58. The molecular formula is C10H12N4OS. The van der Waals surface area contributed by atoms with Gasteiger partial charge in [0.15, 0.2) is 0 Å². The molecule has 0 fully saturated rings. The third kappa shape index (κ3) is 2.01. The van der Waals surface area contributed by atoms with Crippen molar-refractivity contribution in [3.8, 4) is 5.69 Å². The molecule has 1 heterocycles. The van der Waals surface area contributed by atoms with Crippen molar-refractivity contribution in [2.75, 3.05) is 6.26 Å². The molecule has 84 valence electrons. The number of aromatic nitrogens is 4. The van der Waals surface area contributed by atoms with Crippen LogP contribution in [0.4, 0.5) is 0 Å². The first kappa shape index (κ1) is 10.9. The molecule has 0 amide bonds. The highest BCUT2D eigenvalue weighted by atomic mass is 32.2. The van der Waals surface area contributed by atoms with Crippen LogP contribution in [-0.4, -0.2) is 30.7 Å². The molecule has 0 bridgehead atoms. The van der Waals surface area contributed by atoms with E-state index in [2.05, 4.69) is 21.6 Å². The molecule has 1 aromatic heterocycles. The molecule has 0 aliphatic heterocycles. The fourth-order valence-electron chi connectivity index (χ4n) is 1.59. The van der Waals surface area contributed by atoms with Crippen molar-refractivity contribution in [1.82, 2.24) is 20.2 Å². The molecular weight excluding hydrogens is 224 g/mol. The summed E-state index contributed by atoms with van der Waals surface area (Å²) in [6.45, 7) is 4.01. The minimum Gasteiger partial charge on any atom is -0.251 e. The number of hydrogen-bond acceptors (Lipinski definition) is 4. The Hall–Kier alpha value is -1.56. The topological polar surface area (TPSA) is 60.7 Å². The van der Waals surface area contributed by atoms with E-state index in [0.29, 0.717) is 5.16 Å². The van der Waals surface area contributed by atoms with Crippen molar-refractivity contribution >= 4 is 10.8 Å². The van der Waals surface area contributed by atoms with Gasteiger partial charge in [0.25, 0.3) is 0 Å². The molecule has 6 heteroatoms. The second-order valence-electron chi connectivity index (χ2n) is 3.67. The molecule has 0 saturated heterocycles. The molecule has 5 nitrogen and oxygen atoms in total.